The van der Waals surface area contributed by atoms with Crippen LogP contribution in [0, 0.1) is 0 Å². The highest BCUT2D eigenvalue weighted by Crippen LogP contribution is 2.32. The number of amides is 4. The Balaban J connectivity index is 1.17. The molecule has 14 nitrogen and oxygen atoms in total. The summed E-state index contributed by atoms with van der Waals surface area (Å²) < 4.78 is 2.86. The van der Waals surface area contributed by atoms with Crippen LogP contribution in [0.25, 0.3) is 5.69 Å². The van der Waals surface area contributed by atoms with Crippen LogP contribution >= 0.6 is 0 Å². The van der Waals surface area contributed by atoms with E-state index in [1.807, 2.05) is 0 Å². The zero-order chi connectivity index (χ0) is 25.2. The lowest BCUT2D eigenvalue weighted by Gasteiger charge is -2.45. The molecule has 1 aromatic carbocycles. The summed E-state index contributed by atoms with van der Waals surface area (Å²) in [4.78, 5) is 52.5. The topological polar surface area (TPSA) is 168 Å². The lowest BCUT2D eigenvalue weighted by molar-refractivity contribution is -0.136. The number of imide groups is 1. The number of aryl methyl sites for hydroxylation is 1. The van der Waals surface area contributed by atoms with Gasteiger partial charge in [0.15, 0.2) is 5.69 Å². The zero-order valence-electron chi connectivity index (χ0n) is 19.2. The Bertz CT molecular complexity index is 1440. The van der Waals surface area contributed by atoms with Gasteiger partial charge < -0.3 is 14.9 Å². The van der Waals surface area contributed by atoms with Gasteiger partial charge in [0.2, 0.25) is 11.8 Å². The Hall–Kier alpha value is -4.46. The number of benzene rings is 1. The third-order valence-electron chi connectivity index (χ3n) is 6.87. The predicted molar refractivity (Wildman–Crippen MR) is 118 cm³/mol. The highest BCUT2D eigenvalue weighted by molar-refractivity contribution is 6.05. The van der Waals surface area contributed by atoms with Crippen molar-refractivity contribution < 1.29 is 24.3 Å². The second-order valence-electron chi connectivity index (χ2n) is 9.23. The lowest BCUT2D eigenvalue weighted by Crippen LogP contribution is -2.61. The molecule has 3 aliphatic heterocycles. The number of nitrogens with zero attached hydrogens (tertiary/aromatic N) is 8. The van der Waals surface area contributed by atoms with Crippen molar-refractivity contribution in [2.24, 2.45) is 7.05 Å². The number of fused-ring (bicyclic) bond motifs is 1. The van der Waals surface area contributed by atoms with Gasteiger partial charge in [-0.3, -0.25) is 24.5 Å². The first kappa shape index (κ1) is 22.0. The predicted octanol–water partition coefficient (Wildman–Crippen LogP) is -1.50. The number of carbonyl (C=O) groups is 4. The molecule has 36 heavy (non-hydrogen) atoms. The van der Waals surface area contributed by atoms with Crippen molar-refractivity contribution in [1.29, 1.82) is 0 Å². The minimum absolute atomic E-state index is 0.0728. The third-order valence-corrected chi connectivity index (χ3v) is 6.87. The molecule has 184 valence electrons. The van der Waals surface area contributed by atoms with Crippen LogP contribution in [-0.2, 0) is 28.8 Å². The van der Waals surface area contributed by atoms with Gasteiger partial charge in [0.25, 0.3) is 11.8 Å². The molecule has 6 rings (SSSR count). The molecule has 4 amide bonds. The van der Waals surface area contributed by atoms with E-state index in [1.54, 1.807) is 25.2 Å². The fraction of sp³-hybridized carbons (Fsp3) is 0.364. The highest BCUT2D eigenvalue weighted by atomic mass is 16.3. The van der Waals surface area contributed by atoms with Crippen molar-refractivity contribution in [3.63, 3.8) is 0 Å². The summed E-state index contributed by atoms with van der Waals surface area (Å²) in [5, 5.41) is 28.6. The number of hydrogen-bond donors (Lipinski definition) is 2. The number of likely N-dealkylation sites (tertiary alicyclic amines) is 1. The van der Waals surface area contributed by atoms with Crippen LogP contribution < -0.4 is 5.32 Å². The van der Waals surface area contributed by atoms with Crippen molar-refractivity contribution in [1.82, 2.24) is 45.1 Å². The summed E-state index contributed by atoms with van der Waals surface area (Å²) in [6, 6.07) is 4.47. The van der Waals surface area contributed by atoms with E-state index in [2.05, 4.69) is 25.9 Å². The van der Waals surface area contributed by atoms with Gasteiger partial charge >= 0.3 is 0 Å². The van der Waals surface area contributed by atoms with Gasteiger partial charge in [0, 0.05) is 25.6 Å². The van der Waals surface area contributed by atoms with Crippen LogP contribution in [0.4, 0.5) is 0 Å². The maximum absolute atomic E-state index is 13.1. The Kier molecular flexibility index (Phi) is 4.76. The molecule has 5 heterocycles. The Labute approximate surface area is 203 Å². The molecule has 3 aliphatic rings. The van der Waals surface area contributed by atoms with Crippen LogP contribution in [0.1, 0.15) is 44.9 Å². The summed E-state index contributed by atoms with van der Waals surface area (Å²) in [5.74, 6) is -1.50. The molecule has 0 saturated carbocycles. The number of piperidine rings is 1. The fourth-order valence-corrected chi connectivity index (χ4v) is 4.94. The van der Waals surface area contributed by atoms with Gasteiger partial charge in [-0.15, -0.1) is 10.2 Å². The first-order chi connectivity index (χ1) is 17.2. The molecule has 0 aliphatic carbocycles. The zero-order valence-corrected chi connectivity index (χ0v) is 19.2. The van der Waals surface area contributed by atoms with Gasteiger partial charge in [-0.05, 0) is 24.1 Å². The number of carbonyl (C=O) groups excluding carboxylic acids is 4. The molecule has 2 saturated heterocycles. The highest BCUT2D eigenvalue weighted by Gasteiger charge is 2.48. The van der Waals surface area contributed by atoms with Crippen molar-refractivity contribution in [3.8, 4) is 5.69 Å². The second kappa shape index (κ2) is 7.78. The van der Waals surface area contributed by atoms with Crippen LogP contribution in [0.15, 0.2) is 30.6 Å². The molecule has 2 aromatic heterocycles. The molecule has 3 aromatic rings. The van der Waals surface area contributed by atoms with E-state index in [1.165, 1.54) is 31.6 Å². The van der Waals surface area contributed by atoms with Gasteiger partial charge in [-0.25, -0.2) is 9.36 Å². The van der Waals surface area contributed by atoms with E-state index in [0.717, 1.165) is 5.56 Å². The SMILES string of the molecule is Cn1nncc1C1(O)CN(C(=O)c2cn(-c3ccc4c(c3)C(=O)N(C3CCC(=O)NC3=O)C4)nn2)C1. The van der Waals surface area contributed by atoms with Crippen molar-refractivity contribution >= 4 is 23.6 Å². The molecule has 0 radical (unpaired) electrons. The number of rotatable bonds is 4. The normalized spacial score (nSPS) is 20.8. The minimum Gasteiger partial charge on any atom is -0.380 e. The smallest absolute Gasteiger partial charge is 0.276 e. The minimum atomic E-state index is -1.22. The average Bonchev–Trinajstić information content (AvgIpc) is 3.56. The van der Waals surface area contributed by atoms with E-state index in [0.29, 0.717) is 16.9 Å². The van der Waals surface area contributed by atoms with Gasteiger partial charge in [0.05, 0.1) is 36.9 Å². The van der Waals surface area contributed by atoms with Crippen LogP contribution in [0.5, 0.6) is 0 Å². The molecule has 0 bridgehead atoms. The molecule has 0 spiro atoms. The summed E-state index contributed by atoms with van der Waals surface area (Å²) in [6.45, 7) is 0.415. The van der Waals surface area contributed by atoms with Crippen molar-refractivity contribution in [3.05, 3.63) is 53.1 Å². The van der Waals surface area contributed by atoms with Gasteiger partial charge in [-0.1, -0.05) is 16.5 Å². The van der Waals surface area contributed by atoms with E-state index in [-0.39, 0.29) is 55.9 Å². The number of nitrogens with one attached hydrogen (secondary N) is 1. The summed E-state index contributed by atoms with van der Waals surface area (Å²) in [5.41, 5.74) is 1.10. The van der Waals surface area contributed by atoms with Crippen LogP contribution in [0.2, 0.25) is 0 Å². The van der Waals surface area contributed by atoms with Gasteiger partial charge in [-0.2, -0.15) is 0 Å². The van der Waals surface area contributed by atoms with Crippen molar-refractivity contribution in [2.45, 2.75) is 31.0 Å². The van der Waals surface area contributed by atoms with E-state index in [4.69, 9.17) is 0 Å². The van der Waals surface area contributed by atoms with Gasteiger partial charge in [0.1, 0.15) is 11.6 Å². The molecule has 2 N–H and O–H groups in total. The number of aliphatic hydroxyl groups is 1. The monoisotopic (exact) mass is 491 g/mol. The first-order valence-corrected chi connectivity index (χ1v) is 11.3. The number of aromatic nitrogens is 6. The summed E-state index contributed by atoms with van der Waals surface area (Å²) in [7, 11) is 1.67. The molecule has 1 atom stereocenters. The average molecular weight is 491 g/mol. The van der Waals surface area contributed by atoms with E-state index in [9.17, 15) is 24.3 Å². The quantitative estimate of drug-likeness (QED) is 0.413. The lowest BCUT2D eigenvalue weighted by atomic mass is 9.90. The number of hydrogen-bond acceptors (Lipinski definition) is 9. The van der Waals surface area contributed by atoms with Crippen molar-refractivity contribution in [2.75, 3.05) is 13.1 Å². The summed E-state index contributed by atoms with van der Waals surface area (Å²) in [6.07, 6.45) is 3.40. The molecular weight excluding hydrogens is 470 g/mol. The second-order valence-corrected chi connectivity index (χ2v) is 9.23. The Morgan fingerprint density at radius 2 is 2.00 bits per heavy atom. The van der Waals surface area contributed by atoms with Crippen LogP contribution in [-0.4, -0.2) is 87.7 Å². The molecule has 2 fully saturated rings. The first-order valence-electron chi connectivity index (χ1n) is 11.3. The standard InChI is InChI=1S/C22H21N9O5/c1-28-17(7-23-26-28)22(36)10-29(11-22)21(35)15-9-31(27-25-15)13-3-2-12-8-30(20(34)14(12)6-13)16-4-5-18(32)24-19(16)33/h2-3,6-7,9,16,36H,4-5,8,10-11H2,1H3,(H,24,32,33). The number of β-amino-alcohol motifs (C(OH)–C–C–N with tert-alkyl or cyclic N) is 1. The van der Waals surface area contributed by atoms with E-state index >= 15 is 0 Å². The maximum atomic E-state index is 13.1. The van der Waals surface area contributed by atoms with Crippen LogP contribution in [0.3, 0.4) is 0 Å². The Morgan fingerprint density at radius 3 is 2.72 bits per heavy atom. The molecule has 1 unspecified atom stereocenters. The maximum Gasteiger partial charge on any atom is 0.276 e. The van der Waals surface area contributed by atoms with E-state index < -0.39 is 17.6 Å². The molecular formula is C22H21N9O5. The largest absolute Gasteiger partial charge is 0.380 e. The Morgan fingerprint density at radius 1 is 1.19 bits per heavy atom. The third kappa shape index (κ3) is 3.37. The summed E-state index contributed by atoms with van der Waals surface area (Å²) >= 11 is 0. The molecule has 14 heteroatoms. The fourth-order valence-electron chi connectivity index (χ4n) is 4.94.